The summed E-state index contributed by atoms with van der Waals surface area (Å²) in [5, 5.41) is 3.99. The zero-order chi connectivity index (χ0) is 18.4. The lowest BCUT2D eigenvalue weighted by atomic mass is 9.83. The summed E-state index contributed by atoms with van der Waals surface area (Å²) >= 11 is 0. The van der Waals surface area contributed by atoms with Gasteiger partial charge in [-0.15, -0.1) is 0 Å². The van der Waals surface area contributed by atoms with Gasteiger partial charge in [0.1, 0.15) is 10.4 Å². The molecule has 0 aliphatic carbocycles. The van der Waals surface area contributed by atoms with Crippen LogP contribution in [0.3, 0.4) is 0 Å². The Hall–Kier alpha value is -2.49. The number of hydrogen-bond donors (Lipinski definition) is 0. The highest BCUT2D eigenvalue weighted by molar-refractivity contribution is 7.93. The number of carbonyl (C=O) groups is 1. The van der Waals surface area contributed by atoms with E-state index in [2.05, 4.69) is 15.1 Å². The molecule has 1 spiro atoms. The van der Waals surface area contributed by atoms with Gasteiger partial charge >= 0.3 is 6.01 Å². The highest BCUT2D eigenvalue weighted by atomic mass is 32.2. The van der Waals surface area contributed by atoms with Crippen LogP contribution in [0.2, 0.25) is 0 Å². The summed E-state index contributed by atoms with van der Waals surface area (Å²) in [4.78, 5) is 22.1. The molecule has 9 nitrogen and oxygen atoms in total. The molecule has 2 fully saturated rings. The summed E-state index contributed by atoms with van der Waals surface area (Å²) in [5.41, 5.74) is 0.445. The number of nitrogens with zero attached hydrogens (tertiary/aromatic N) is 5. The minimum atomic E-state index is -3.29. The van der Waals surface area contributed by atoms with Gasteiger partial charge < -0.3 is 9.64 Å². The maximum atomic E-state index is 12.7. The number of hydrogen-bond acceptors (Lipinski definition) is 7. The number of rotatable bonds is 4. The van der Waals surface area contributed by atoms with Gasteiger partial charge in [-0.05, 0) is 18.6 Å². The van der Waals surface area contributed by atoms with Crippen molar-refractivity contribution in [3.63, 3.8) is 0 Å². The third-order valence-electron chi connectivity index (χ3n) is 5.30. The van der Waals surface area contributed by atoms with E-state index in [9.17, 15) is 13.2 Å². The summed E-state index contributed by atoms with van der Waals surface area (Å²) in [6.45, 7) is 0.586. The Labute approximate surface area is 150 Å². The molecule has 138 valence electrons. The van der Waals surface area contributed by atoms with Crippen LogP contribution in [0.25, 0.3) is 0 Å². The average Bonchev–Trinajstić information content (AvgIpc) is 3.12. The molecule has 1 atom stereocenters. The first-order valence-electron chi connectivity index (χ1n) is 8.32. The van der Waals surface area contributed by atoms with E-state index in [1.807, 2.05) is 0 Å². The standard InChI is InChI=1S/C16H19N5O4S/c1-20-13(3-7-19-20)14(22)21-10-16(11-21)12(4-8-26(16,23)24)9-25-15-17-5-2-6-18-15/h2-3,5-7,12H,4,8-11H2,1H3/t12-/m0/s1. The van der Waals surface area contributed by atoms with Crippen molar-refractivity contribution in [2.45, 2.75) is 11.2 Å². The quantitative estimate of drug-likeness (QED) is 0.733. The molecular weight excluding hydrogens is 358 g/mol. The summed E-state index contributed by atoms with van der Waals surface area (Å²) in [6, 6.07) is 3.54. The summed E-state index contributed by atoms with van der Waals surface area (Å²) < 4.78 is 31.5. The van der Waals surface area contributed by atoms with Gasteiger partial charge in [-0.3, -0.25) is 9.48 Å². The fourth-order valence-corrected chi connectivity index (χ4v) is 6.13. The molecule has 0 bridgehead atoms. The first-order chi connectivity index (χ1) is 12.4. The lowest BCUT2D eigenvalue weighted by Crippen LogP contribution is -2.69. The molecule has 0 aromatic carbocycles. The van der Waals surface area contributed by atoms with E-state index >= 15 is 0 Å². The molecule has 2 aromatic rings. The van der Waals surface area contributed by atoms with Crippen LogP contribution >= 0.6 is 0 Å². The zero-order valence-corrected chi connectivity index (χ0v) is 15.1. The van der Waals surface area contributed by atoms with E-state index in [1.165, 1.54) is 4.68 Å². The molecule has 4 heterocycles. The van der Waals surface area contributed by atoms with Crippen LogP contribution in [0.15, 0.2) is 30.7 Å². The minimum absolute atomic E-state index is 0.115. The third kappa shape index (κ3) is 2.56. The highest BCUT2D eigenvalue weighted by Crippen LogP contribution is 2.45. The van der Waals surface area contributed by atoms with Crippen molar-refractivity contribution >= 4 is 15.7 Å². The number of carbonyl (C=O) groups excluding carboxylic acids is 1. The second kappa shape index (κ2) is 6.04. The van der Waals surface area contributed by atoms with Crippen LogP contribution in [0.5, 0.6) is 6.01 Å². The van der Waals surface area contributed by atoms with Crippen LogP contribution in [0.1, 0.15) is 16.9 Å². The van der Waals surface area contributed by atoms with E-state index in [4.69, 9.17) is 4.74 Å². The Balaban J connectivity index is 1.48. The summed E-state index contributed by atoms with van der Waals surface area (Å²) in [6.07, 6.45) is 5.21. The largest absolute Gasteiger partial charge is 0.463 e. The van der Waals surface area contributed by atoms with E-state index in [0.717, 1.165) is 0 Å². The molecule has 2 aromatic heterocycles. The third-order valence-corrected chi connectivity index (χ3v) is 7.90. The van der Waals surface area contributed by atoms with Crippen molar-refractivity contribution in [2.24, 2.45) is 13.0 Å². The molecule has 1 amide bonds. The first kappa shape index (κ1) is 17.0. The molecule has 2 saturated heterocycles. The Morgan fingerprint density at radius 3 is 2.69 bits per heavy atom. The van der Waals surface area contributed by atoms with E-state index in [0.29, 0.717) is 12.1 Å². The van der Waals surface area contributed by atoms with Crippen LogP contribution in [-0.4, -0.2) is 69.2 Å². The smallest absolute Gasteiger partial charge is 0.316 e. The second-order valence-electron chi connectivity index (χ2n) is 6.71. The van der Waals surface area contributed by atoms with Gasteiger partial charge in [0.25, 0.3) is 5.91 Å². The Morgan fingerprint density at radius 2 is 2.04 bits per heavy atom. The molecule has 0 radical (unpaired) electrons. The van der Waals surface area contributed by atoms with Crippen molar-refractivity contribution in [2.75, 3.05) is 25.4 Å². The average molecular weight is 377 g/mol. The topological polar surface area (TPSA) is 107 Å². The van der Waals surface area contributed by atoms with E-state index in [1.54, 1.807) is 42.7 Å². The van der Waals surface area contributed by atoms with Crippen molar-refractivity contribution in [1.29, 1.82) is 0 Å². The SMILES string of the molecule is Cn1nccc1C(=O)N1CC2(C1)[C@H](COc1ncccn1)CCS2(=O)=O. The van der Waals surface area contributed by atoms with Crippen LogP contribution in [-0.2, 0) is 16.9 Å². The van der Waals surface area contributed by atoms with Crippen molar-refractivity contribution < 1.29 is 17.9 Å². The van der Waals surface area contributed by atoms with Gasteiger partial charge in [0.15, 0.2) is 9.84 Å². The molecule has 2 aliphatic rings. The van der Waals surface area contributed by atoms with Crippen molar-refractivity contribution in [1.82, 2.24) is 24.6 Å². The first-order valence-corrected chi connectivity index (χ1v) is 9.97. The number of amides is 1. The lowest BCUT2D eigenvalue weighted by molar-refractivity contribution is 0.0393. The molecule has 10 heteroatoms. The highest BCUT2D eigenvalue weighted by Gasteiger charge is 2.62. The van der Waals surface area contributed by atoms with Gasteiger partial charge in [-0.25, -0.2) is 18.4 Å². The minimum Gasteiger partial charge on any atom is -0.463 e. The van der Waals surface area contributed by atoms with Crippen LogP contribution < -0.4 is 4.74 Å². The van der Waals surface area contributed by atoms with Crippen LogP contribution in [0, 0.1) is 5.92 Å². The maximum Gasteiger partial charge on any atom is 0.316 e. The van der Waals surface area contributed by atoms with Gasteiger partial charge in [-0.1, -0.05) is 0 Å². The Morgan fingerprint density at radius 1 is 1.31 bits per heavy atom. The second-order valence-corrected chi connectivity index (χ2v) is 9.16. The lowest BCUT2D eigenvalue weighted by Gasteiger charge is -2.49. The fourth-order valence-electron chi connectivity index (χ4n) is 3.73. The number of aromatic nitrogens is 4. The molecular formula is C16H19N5O4S. The number of aryl methyl sites for hydroxylation is 1. The van der Waals surface area contributed by atoms with E-state index < -0.39 is 14.6 Å². The summed E-state index contributed by atoms with van der Waals surface area (Å²) in [5.74, 6) is -0.277. The fraction of sp³-hybridized carbons (Fsp3) is 0.500. The maximum absolute atomic E-state index is 12.7. The zero-order valence-electron chi connectivity index (χ0n) is 14.3. The predicted octanol–water partition coefficient (Wildman–Crippen LogP) is -0.0816. The summed E-state index contributed by atoms with van der Waals surface area (Å²) in [7, 11) is -1.60. The van der Waals surface area contributed by atoms with Crippen molar-refractivity contribution in [3.05, 3.63) is 36.4 Å². The van der Waals surface area contributed by atoms with Crippen molar-refractivity contribution in [3.8, 4) is 6.01 Å². The van der Waals surface area contributed by atoms with Gasteiger partial charge in [-0.2, -0.15) is 5.10 Å². The molecule has 0 N–H and O–H groups in total. The molecule has 4 rings (SSSR count). The van der Waals surface area contributed by atoms with Gasteiger partial charge in [0.05, 0.1) is 12.4 Å². The monoisotopic (exact) mass is 377 g/mol. The normalized spacial score (nSPS) is 23.0. The molecule has 2 aliphatic heterocycles. The molecule has 0 saturated carbocycles. The number of likely N-dealkylation sites (tertiary alicyclic amines) is 1. The van der Waals surface area contributed by atoms with Crippen LogP contribution in [0.4, 0.5) is 0 Å². The molecule has 26 heavy (non-hydrogen) atoms. The predicted molar refractivity (Wildman–Crippen MR) is 91.3 cm³/mol. The number of sulfone groups is 1. The number of ether oxygens (including phenoxy) is 1. The van der Waals surface area contributed by atoms with Gasteiger partial charge in [0, 0.05) is 44.6 Å². The molecule has 0 unspecified atom stereocenters. The van der Waals surface area contributed by atoms with Gasteiger partial charge in [0.2, 0.25) is 0 Å². The van der Waals surface area contributed by atoms with E-state index in [-0.39, 0.29) is 43.3 Å². The Kier molecular flexibility index (Phi) is 3.94. The Bertz CT molecular complexity index is 921.